The fraction of sp³-hybridized carbons (Fsp3) is 1.00. The van der Waals surface area contributed by atoms with Gasteiger partial charge in [0.1, 0.15) is 54.9 Å². The first kappa shape index (κ1) is 36.2. The molecule has 0 aromatic carbocycles. The van der Waals surface area contributed by atoms with Gasteiger partial charge in [-0.2, -0.15) is 0 Å². The van der Waals surface area contributed by atoms with Gasteiger partial charge in [-0.15, -0.1) is 0 Å². The number of hydrogen-bond acceptors (Lipinski definition) is 17. The van der Waals surface area contributed by atoms with Crippen LogP contribution in [-0.4, -0.2) is 166 Å². The van der Waals surface area contributed by atoms with E-state index in [0.717, 1.165) is 12.8 Å². The van der Waals surface area contributed by atoms with E-state index in [0.29, 0.717) is 18.9 Å². The molecule has 17 N–H and O–H groups in total. The van der Waals surface area contributed by atoms with Crippen molar-refractivity contribution in [3.8, 4) is 0 Å². The first-order valence-electron chi connectivity index (χ1n) is 15.6. The van der Waals surface area contributed by atoms with Crippen molar-refractivity contribution in [1.82, 2.24) is 10.6 Å². The van der Waals surface area contributed by atoms with Gasteiger partial charge in [-0.3, -0.25) is 0 Å². The van der Waals surface area contributed by atoms with Gasteiger partial charge in [0.25, 0.3) is 0 Å². The standard InChI is InChI=1S/C27H54N6O11/c1-2-12(8-34)33-14-5-13(29)24(23(40)25(14)44-27-22(39)17(30)19(36)16(9-35)42-27)43-26-18(31)21(38)20(37)15(41-26)7-32-6-10-3-11(28)4-10/h10-27,32-40H,2-9,28-31H2,1H3/t10?,11?,12?,13-,14+,15+,16+,17-,18+,19+,20+,21+,22+,23-,24?,25-,26+,27+/m0/s1. The maximum Gasteiger partial charge on any atom is 0.186 e. The summed E-state index contributed by atoms with van der Waals surface area (Å²) in [6, 6.07) is -4.01. The second kappa shape index (κ2) is 15.9. The van der Waals surface area contributed by atoms with Gasteiger partial charge in [-0.1, -0.05) is 6.92 Å². The van der Waals surface area contributed by atoms with Crippen LogP contribution in [0, 0.1) is 5.92 Å². The zero-order valence-electron chi connectivity index (χ0n) is 25.1. The molecule has 0 radical (unpaired) electrons. The molecule has 0 aromatic rings. The second-order valence-electron chi connectivity index (χ2n) is 12.8. The summed E-state index contributed by atoms with van der Waals surface area (Å²) < 4.78 is 23.8. The van der Waals surface area contributed by atoms with Crippen LogP contribution in [0.1, 0.15) is 32.6 Å². The highest BCUT2D eigenvalue weighted by Gasteiger charge is 2.52. The van der Waals surface area contributed by atoms with E-state index in [-0.39, 0.29) is 31.7 Å². The van der Waals surface area contributed by atoms with Crippen LogP contribution in [0.3, 0.4) is 0 Å². The number of aliphatic hydroxyl groups excluding tert-OH is 7. The third kappa shape index (κ3) is 8.06. The molecule has 44 heavy (non-hydrogen) atoms. The molecule has 17 heteroatoms. The summed E-state index contributed by atoms with van der Waals surface area (Å²) in [4.78, 5) is 0. The minimum absolute atomic E-state index is 0.172. The van der Waals surface area contributed by atoms with Crippen molar-refractivity contribution in [2.24, 2.45) is 28.9 Å². The molecule has 2 saturated heterocycles. The van der Waals surface area contributed by atoms with Gasteiger partial charge in [-0.05, 0) is 38.1 Å². The Morgan fingerprint density at radius 1 is 0.750 bits per heavy atom. The predicted molar refractivity (Wildman–Crippen MR) is 154 cm³/mol. The molecule has 2 heterocycles. The lowest BCUT2D eigenvalue weighted by atomic mass is 9.81. The fourth-order valence-electron chi connectivity index (χ4n) is 6.53. The molecule has 2 saturated carbocycles. The second-order valence-corrected chi connectivity index (χ2v) is 12.8. The van der Waals surface area contributed by atoms with E-state index in [4.69, 9.17) is 41.9 Å². The summed E-state index contributed by atoms with van der Waals surface area (Å²) in [6.07, 6.45) is -11.5. The molecule has 0 bridgehead atoms. The van der Waals surface area contributed by atoms with Gasteiger partial charge in [0.05, 0.1) is 25.3 Å². The highest BCUT2D eigenvalue weighted by Crippen LogP contribution is 2.32. The first-order chi connectivity index (χ1) is 20.9. The van der Waals surface area contributed by atoms with Gasteiger partial charge in [0, 0.05) is 30.7 Å². The molecule has 0 spiro atoms. The fourth-order valence-corrected chi connectivity index (χ4v) is 6.53. The van der Waals surface area contributed by atoms with Crippen LogP contribution in [0.15, 0.2) is 0 Å². The molecule has 4 aliphatic rings. The third-order valence-electron chi connectivity index (χ3n) is 9.50. The Labute approximate surface area is 257 Å². The van der Waals surface area contributed by atoms with Crippen LogP contribution >= 0.6 is 0 Å². The number of nitrogens with one attached hydrogen (secondary N) is 2. The van der Waals surface area contributed by atoms with Crippen LogP contribution in [0.2, 0.25) is 0 Å². The van der Waals surface area contributed by atoms with Crippen LogP contribution < -0.4 is 33.6 Å². The summed E-state index contributed by atoms with van der Waals surface area (Å²) in [5.41, 5.74) is 24.5. The molecular formula is C27H54N6O11. The minimum Gasteiger partial charge on any atom is -0.395 e. The predicted octanol–water partition coefficient (Wildman–Crippen LogP) is -6.56. The number of nitrogens with two attached hydrogens (primary N) is 4. The summed E-state index contributed by atoms with van der Waals surface area (Å²) in [6.45, 7) is 1.95. The number of hydrogen-bond donors (Lipinski definition) is 13. The number of aliphatic hydroxyl groups is 7. The van der Waals surface area contributed by atoms with Gasteiger partial charge < -0.3 is 88.3 Å². The lowest BCUT2D eigenvalue weighted by Crippen LogP contribution is -2.70. The van der Waals surface area contributed by atoms with Crippen molar-refractivity contribution in [2.45, 2.75) is 136 Å². The van der Waals surface area contributed by atoms with E-state index < -0.39 is 98.3 Å². The van der Waals surface area contributed by atoms with Crippen molar-refractivity contribution < 1.29 is 54.7 Å². The summed E-state index contributed by atoms with van der Waals surface area (Å²) in [5, 5.41) is 79.9. The van der Waals surface area contributed by atoms with Gasteiger partial charge in [0.2, 0.25) is 0 Å². The first-order valence-corrected chi connectivity index (χ1v) is 15.6. The SMILES string of the molecule is CCC(CO)N[C@@H]1C[C@H](N)C(O[C@H]2O[C@H](CNCC3CC(N)C3)[C@@H](O)[C@H](O)[C@H]2N)[C@H](O)[C@H]1O[C@H]1O[C@H](CO)[C@@H](O)[C@H](N)[C@H]1O. The lowest BCUT2D eigenvalue weighted by molar-refractivity contribution is -0.320. The minimum atomic E-state index is -1.51. The molecule has 0 aromatic heterocycles. The molecule has 2 unspecified atom stereocenters. The van der Waals surface area contributed by atoms with Crippen LogP contribution in [0.25, 0.3) is 0 Å². The molecule has 4 fully saturated rings. The highest BCUT2D eigenvalue weighted by molar-refractivity contribution is 5.03. The van der Waals surface area contributed by atoms with E-state index in [9.17, 15) is 35.7 Å². The molecule has 4 rings (SSSR count). The van der Waals surface area contributed by atoms with Gasteiger partial charge >= 0.3 is 0 Å². The Morgan fingerprint density at radius 2 is 1.41 bits per heavy atom. The summed E-state index contributed by atoms with van der Waals surface area (Å²) >= 11 is 0. The quantitative estimate of drug-likeness (QED) is 0.0891. The van der Waals surface area contributed by atoms with Gasteiger partial charge in [-0.25, -0.2) is 0 Å². The van der Waals surface area contributed by atoms with Crippen molar-refractivity contribution in [3.63, 3.8) is 0 Å². The monoisotopic (exact) mass is 638 g/mol. The largest absolute Gasteiger partial charge is 0.395 e. The Morgan fingerprint density at radius 3 is 2.02 bits per heavy atom. The summed E-state index contributed by atoms with van der Waals surface area (Å²) in [7, 11) is 0. The van der Waals surface area contributed by atoms with Crippen molar-refractivity contribution in [2.75, 3.05) is 26.3 Å². The van der Waals surface area contributed by atoms with Crippen LogP contribution in [0.4, 0.5) is 0 Å². The van der Waals surface area contributed by atoms with Gasteiger partial charge in [0.15, 0.2) is 12.6 Å². The van der Waals surface area contributed by atoms with Crippen LogP contribution in [0.5, 0.6) is 0 Å². The van der Waals surface area contributed by atoms with E-state index in [1.165, 1.54) is 0 Å². The highest BCUT2D eigenvalue weighted by atomic mass is 16.7. The summed E-state index contributed by atoms with van der Waals surface area (Å²) in [5.74, 6) is 0.425. The van der Waals surface area contributed by atoms with E-state index in [1.54, 1.807) is 0 Å². The Hall–Kier alpha value is -0.680. The van der Waals surface area contributed by atoms with E-state index in [1.807, 2.05) is 6.92 Å². The van der Waals surface area contributed by atoms with E-state index in [2.05, 4.69) is 10.6 Å². The maximum atomic E-state index is 11.6. The van der Waals surface area contributed by atoms with Crippen LogP contribution in [-0.2, 0) is 18.9 Å². The Kier molecular flexibility index (Phi) is 13.1. The maximum absolute atomic E-state index is 11.6. The third-order valence-corrected chi connectivity index (χ3v) is 9.50. The zero-order valence-corrected chi connectivity index (χ0v) is 25.1. The molecule has 2 aliphatic carbocycles. The van der Waals surface area contributed by atoms with Crippen molar-refractivity contribution in [1.29, 1.82) is 0 Å². The molecule has 258 valence electrons. The molecular weight excluding hydrogens is 584 g/mol. The number of ether oxygens (including phenoxy) is 4. The smallest absolute Gasteiger partial charge is 0.186 e. The molecule has 16 atom stereocenters. The lowest BCUT2D eigenvalue weighted by Gasteiger charge is -2.49. The molecule has 0 amide bonds. The topological polar surface area (TPSA) is 307 Å². The molecule has 17 nitrogen and oxygen atoms in total. The van der Waals surface area contributed by atoms with Crippen molar-refractivity contribution in [3.05, 3.63) is 0 Å². The van der Waals surface area contributed by atoms with E-state index >= 15 is 0 Å². The zero-order chi connectivity index (χ0) is 32.3. The molecule has 2 aliphatic heterocycles. The average Bonchev–Trinajstić information content (AvgIpc) is 2.99. The Bertz CT molecular complexity index is 874. The average molecular weight is 639 g/mol. The normalized spacial score (nSPS) is 49.0. The number of rotatable bonds is 13. The Balaban J connectivity index is 1.48. The van der Waals surface area contributed by atoms with Crippen molar-refractivity contribution >= 4 is 0 Å².